The minimum absolute atomic E-state index is 0.220. The summed E-state index contributed by atoms with van der Waals surface area (Å²) < 4.78 is 40.3. The van der Waals surface area contributed by atoms with Gasteiger partial charge in [0.15, 0.2) is 0 Å². The highest BCUT2D eigenvalue weighted by molar-refractivity contribution is 7.18. The van der Waals surface area contributed by atoms with Crippen LogP contribution in [0.2, 0.25) is 0 Å². The fourth-order valence-electron chi connectivity index (χ4n) is 5.16. The summed E-state index contributed by atoms with van der Waals surface area (Å²) in [4.78, 5) is 14.3. The Hall–Kier alpha value is -2.20. The average molecular weight is 451 g/mol. The second-order valence-electron chi connectivity index (χ2n) is 8.87. The fourth-order valence-corrected chi connectivity index (χ4v) is 6.18. The molecule has 5 heterocycles. The lowest BCUT2D eigenvalue weighted by Crippen LogP contribution is -2.58. The Labute approximate surface area is 182 Å². The molecule has 1 unspecified atom stereocenters. The monoisotopic (exact) mass is 450 g/mol. The van der Waals surface area contributed by atoms with Gasteiger partial charge in [-0.3, -0.25) is 9.58 Å². The molecule has 2 aliphatic rings. The van der Waals surface area contributed by atoms with E-state index < -0.39 is 12.6 Å². The SMILES string of the molecule is CCC(c1cnn(C)c1)N1CC2(CCN(c3ncnc4sc(CC(F)(F)F)cc34)C2)C1. The van der Waals surface area contributed by atoms with E-state index in [1.165, 1.54) is 11.9 Å². The van der Waals surface area contributed by atoms with Crippen molar-refractivity contribution in [2.75, 3.05) is 31.1 Å². The number of aryl methyl sites for hydroxylation is 1. The van der Waals surface area contributed by atoms with Gasteiger partial charge < -0.3 is 4.90 Å². The number of hydrogen-bond donors (Lipinski definition) is 0. The van der Waals surface area contributed by atoms with Gasteiger partial charge in [-0.15, -0.1) is 11.3 Å². The van der Waals surface area contributed by atoms with Gasteiger partial charge in [0, 0.05) is 61.3 Å². The standard InChI is InChI=1S/C21H25F3N6S/c1-3-17(14-8-27-28(2)9-14)30-11-20(12-30)4-5-29(10-20)18-16-6-15(7-21(22,23)24)31-19(16)26-13-25-18/h6,8-9,13,17H,3-5,7,10-12H2,1-2H3. The first-order valence-corrected chi connectivity index (χ1v) is 11.3. The highest BCUT2D eigenvalue weighted by Gasteiger charge is 2.50. The maximum atomic E-state index is 12.8. The molecule has 166 valence electrons. The molecule has 6 nitrogen and oxygen atoms in total. The Morgan fingerprint density at radius 2 is 2.03 bits per heavy atom. The molecule has 10 heteroatoms. The molecule has 0 N–H and O–H groups in total. The van der Waals surface area contributed by atoms with Gasteiger partial charge >= 0.3 is 6.18 Å². The number of hydrogen-bond acceptors (Lipinski definition) is 6. The summed E-state index contributed by atoms with van der Waals surface area (Å²) in [5, 5.41) is 5.06. The van der Waals surface area contributed by atoms with Gasteiger partial charge in [0.05, 0.1) is 18.0 Å². The molecule has 3 aromatic rings. The summed E-state index contributed by atoms with van der Waals surface area (Å²) in [6.07, 6.45) is 2.48. The number of fused-ring (bicyclic) bond motifs is 1. The van der Waals surface area contributed by atoms with E-state index in [2.05, 4.69) is 38.0 Å². The van der Waals surface area contributed by atoms with Crippen molar-refractivity contribution >= 4 is 27.4 Å². The van der Waals surface area contributed by atoms with Crippen LogP contribution < -0.4 is 4.90 Å². The van der Waals surface area contributed by atoms with Gasteiger partial charge in [-0.1, -0.05) is 6.92 Å². The van der Waals surface area contributed by atoms with Gasteiger partial charge in [0.25, 0.3) is 0 Å². The molecule has 2 saturated heterocycles. The lowest BCUT2D eigenvalue weighted by Gasteiger charge is -2.51. The van der Waals surface area contributed by atoms with Crippen molar-refractivity contribution in [2.24, 2.45) is 12.5 Å². The van der Waals surface area contributed by atoms with Crippen LogP contribution in [-0.2, 0) is 13.5 Å². The van der Waals surface area contributed by atoms with Crippen molar-refractivity contribution in [3.8, 4) is 0 Å². The molecule has 0 radical (unpaired) electrons. The minimum Gasteiger partial charge on any atom is -0.355 e. The lowest BCUT2D eigenvalue weighted by molar-refractivity contribution is -0.126. The van der Waals surface area contributed by atoms with E-state index in [4.69, 9.17) is 0 Å². The normalized spacial score (nSPS) is 20.0. The summed E-state index contributed by atoms with van der Waals surface area (Å²) in [5.74, 6) is 0.768. The van der Waals surface area contributed by atoms with Crippen molar-refractivity contribution in [1.82, 2.24) is 24.6 Å². The number of alkyl halides is 3. The molecule has 2 aliphatic heterocycles. The quantitative estimate of drug-likeness (QED) is 0.583. The lowest BCUT2D eigenvalue weighted by atomic mass is 9.77. The first kappa shape index (κ1) is 20.7. The first-order valence-electron chi connectivity index (χ1n) is 10.5. The molecule has 1 spiro atoms. The Balaban J connectivity index is 1.31. The van der Waals surface area contributed by atoms with Crippen LogP contribution in [0.25, 0.3) is 10.2 Å². The molecule has 3 aromatic heterocycles. The first-order chi connectivity index (χ1) is 14.8. The van der Waals surface area contributed by atoms with E-state index in [1.807, 2.05) is 17.9 Å². The van der Waals surface area contributed by atoms with Crippen molar-refractivity contribution in [3.63, 3.8) is 0 Å². The van der Waals surface area contributed by atoms with Crippen LogP contribution in [0, 0.1) is 5.41 Å². The van der Waals surface area contributed by atoms with Crippen molar-refractivity contribution in [2.45, 2.75) is 38.4 Å². The van der Waals surface area contributed by atoms with Crippen LogP contribution in [0.15, 0.2) is 24.8 Å². The third-order valence-electron chi connectivity index (χ3n) is 6.49. The molecule has 0 saturated carbocycles. The molecule has 1 atom stereocenters. The molecule has 0 aliphatic carbocycles. The molecule has 0 aromatic carbocycles. The van der Waals surface area contributed by atoms with E-state index >= 15 is 0 Å². The average Bonchev–Trinajstić information content (AvgIpc) is 3.38. The number of likely N-dealkylation sites (tertiary alicyclic amines) is 1. The number of rotatable bonds is 5. The maximum absolute atomic E-state index is 12.8. The highest BCUT2D eigenvalue weighted by Crippen LogP contribution is 2.46. The second-order valence-corrected chi connectivity index (χ2v) is 9.98. The summed E-state index contributed by atoms with van der Waals surface area (Å²) in [7, 11) is 1.94. The minimum atomic E-state index is -4.22. The molecular weight excluding hydrogens is 425 g/mol. The van der Waals surface area contributed by atoms with Gasteiger partial charge in [-0.2, -0.15) is 18.3 Å². The summed E-state index contributed by atoms with van der Waals surface area (Å²) in [6.45, 7) is 6.00. The van der Waals surface area contributed by atoms with Crippen LogP contribution in [0.1, 0.15) is 36.2 Å². The largest absolute Gasteiger partial charge is 0.393 e. The topological polar surface area (TPSA) is 50.1 Å². The smallest absolute Gasteiger partial charge is 0.355 e. The van der Waals surface area contributed by atoms with Crippen molar-refractivity contribution in [1.29, 1.82) is 0 Å². The summed E-state index contributed by atoms with van der Waals surface area (Å²) >= 11 is 1.11. The highest BCUT2D eigenvalue weighted by atomic mass is 32.1. The second kappa shape index (κ2) is 7.44. The zero-order valence-corrected chi connectivity index (χ0v) is 18.4. The van der Waals surface area contributed by atoms with Crippen LogP contribution >= 0.6 is 11.3 Å². The fraction of sp³-hybridized carbons (Fsp3) is 0.571. The molecule has 0 amide bonds. The number of aromatic nitrogens is 4. The van der Waals surface area contributed by atoms with Crippen LogP contribution in [0.5, 0.6) is 0 Å². The van der Waals surface area contributed by atoms with Gasteiger partial charge in [-0.25, -0.2) is 9.97 Å². The number of halogens is 3. The molecule has 31 heavy (non-hydrogen) atoms. The Bertz CT molecular complexity index is 1080. The van der Waals surface area contributed by atoms with E-state index in [1.54, 1.807) is 6.07 Å². The van der Waals surface area contributed by atoms with Crippen molar-refractivity contribution in [3.05, 3.63) is 35.2 Å². The maximum Gasteiger partial charge on any atom is 0.393 e. The van der Waals surface area contributed by atoms with Gasteiger partial charge in [0.2, 0.25) is 0 Å². The third kappa shape index (κ3) is 3.91. The van der Waals surface area contributed by atoms with Crippen LogP contribution in [-0.4, -0.2) is 57.0 Å². The Morgan fingerprint density at radius 1 is 1.23 bits per heavy atom. The van der Waals surface area contributed by atoms with Crippen LogP contribution in [0.4, 0.5) is 19.0 Å². The zero-order chi connectivity index (χ0) is 21.8. The van der Waals surface area contributed by atoms with Gasteiger partial charge in [-0.05, 0) is 18.9 Å². The third-order valence-corrected chi connectivity index (χ3v) is 7.53. The molecule has 2 fully saturated rings. The number of anilines is 1. The van der Waals surface area contributed by atoms with Gasteiger partial charge in [0.1, 0.15) is 17.0 Å². The Kier molecular flexibility index (Phi) is 4.97. The van der Waals surface area contributed by atoms with Crippen LogP contribution in [0.3, 0.4) is 0 Å². The van der Waals surface area contributed by atoms with E-state index in [0.717, 1.165) is 61.6 Å². The number of nitrogens with zero attached hydrogens (tertiary/aromatic N) is 6. The predicted molar refractivity (Wildman–Crippen MR) is 114 cm³/mol. The Morgan fingerprint density at radius 3 is 2.71 bits per heavy atom. The van der Waals surface area contributed by atoms with Crippen molar-refractivity contribution < 1.29 is 13.2 Å². The van der Waals surface area contributed by atoms with E-state index in [0.29, 0.717) is 10.9 Å². The van der Waals surface area contributed by atoms with E-state index in [9.17, 15) is 13.2 Å². The summed E-state index contributed by atoms with van der Waals surface area (Å²) in [5.41, 5.74) is 1.47. The summed E-state index contributed by atoms with van der Waals surface area (Å²) in [6, 6.07) is 2.00. The van der Waals surface area contributed by atoms with E-state index in [-0.39, 0.29) is 10.3 Å². The predicted octanol–water partition coefficient (Wildman–Crippen LogP) is 4.19. The zero-order valence-electron chi connectivity index (χ0n) is 17.6. The number of thiophene rings is 1. The molecule has 0 bridgehead atoms. The molecular formula is C21H25F3N6S. The molecule has 5 rings (SSSR count).